The van der Waals surface area contributed by atoms with Gasteiger partial charge in [-0.3, -0.25) is 19.2 Å². The van der Waals surface area contributed by atoms with Crippen LogP contribution >= 0.6 is 0 Å². The predicted molar refractivity (Wildman–Crippen MR) is 190 cm³/mol. The molecule has 4 heterocycles. The van der Waals surface area contributed by atoms with E-state index in [4.69, 9.17) is 4.74 Å². The first kappa shape index (κ1) is 33.2. The molecule has 2 aromatic heterocycles. The average Bonchev–Trinajstić information content (AvgIpc) is 3.97. The predicted octanol–water partition coefficient (Wildman–Crippen LogP) is 4.51. The molecule has 49 heavy (non-hydrogen) atoms. The van der Waals surface area contributed by atoms with Gasteiger partial charge in [-0.1, -0.05) is 0 Å². The highest BCUT2D eigenvalue weighted by molar-refractivity contribution is 7.93. The fourth-order valence-corrected chi connectivity index (χ4v) is 8.48. The van der Waals surface area contributed by atoms with E-state index in [1.54, 1.807) is 19.2 Å². The highest BCUT2D eigenvalue weighted by Gasteiger charge is 2.40. The van der Waals surface area contributed by atoms with Crippen LogP contribution in [0.2, 0.25) is 0 Å². The van der Waals surface area contributed by atoms with Crippen molar-refractivity contribution in [2.75, 3.05) is 80.3 Å². The number of fused-ring (bicyclic) bond motifs is 1. The summed E-state index contributed by atoms with van der Waals surface area (Å²) in [5.74, 6) is -0.0772. The van der Waals surface area contributed by atoms with E-state index in [-0.39, 0.29) is 17.5 Å². The van der Waals surface area contributed by atoms with Gasteiger partial charge in [0, 0.05) is 76.5 Å². The van der Waals surface area contributed by atoms with Crippen molar-refractivity contribution in [1.82, 2.24) is 29.7 Å². The molecule has 15 heteroatoms. The number of nitrogens with zero attached hydrogens (tertiary/aromatic N) is 8. The van der Waals surface area contributed by atoms with Crippen LogP contribution in [0.25, 0.3) is 11.0 Å². The summed E-state index contributed by atoms with van der Waals surface area (Å²) in [4.78, 5) is 24.9. The molecule has 0 radical (unpaired) electrons. The Morgan fingerprint density at radius 2 is 1.67 bits per heavy atom. The van der Waals surface area contributed by atoms with Crippen molar-refractivity contribution in [3.63, 3.8) is 0 Å². The number of aromatic nitrogens is 4. The Kier molecular flexibility index (Phi) is 9.15. The van der Waals surface area contributed by atoms with Gasteiger partial charge in [0.15, 0.2) is 11.6 Å². The molecule has 7 rings (SSSR count). The number of hydrogen-bond donors (Lipinski definition) is 2. The fourth-order valence-electron chi connectivity index (χ4n) is 6.86. The number of benzene rings is 2. The van der Waals surface area contributed by atoms with Crippen molar-refractivity contribution < 1.29 is 17.5 Å². The number of methoxy groups -OCH3 is 1. The molecule has 0 atom stereocenters. The molecule has 0 unspecified atom stereocenters. The summed E-state index contributed by atoms with van der Waals surface area (Å²) >= 11 is 0. The van der Waals surface area contributed by atoms with E-state index in [0.29, 0.717) is 47.0 Å². The van der Waals surface area contributed by atoms with Crippen molar-refractivity contribution >= 4 is 55.6 Å². The van der Waals surface area contributed by atoms with Gasteiger partial charge in [-0.15, -0.1) is 0 Å². The second-order valence-corrected chi connectivity index (χ2v) is 15.4. The second-order valence-electron chi connectivity index (χ2n) is 13.1. The zero-order chi connectivity index (χ0) is 34.3. The van der Waals surface area contributed by atoms with Crippen LogP contribution in [0.5, 0.6) is 5.75 Å². The van der Waals surface area contributed by atoms with Gasteiger partial charge in [0.05, 0.1) is 35.4 Å². The maximum absolute atomic E-state index is 15.2. The monoisotopic (exact) mass is 690 g/mol. The minimum absolute atomic E-state index is 0.130. The average molecular weight is 691 g/mol. The highest BCUT2D eigenvalue weighted by atomic mass is 32.2. The van der Waals surface area contributed by atoms with Gasteiger partial charge in [0.1, 0.15) is 17.0 Å². The molecule has 0 spiro atoms. The molecular formula is C34H43FN10O3S. The van der Waals surface area contributed by atoms with Crippen LogP contribution in [0.15, 0.2) is 42.9 Å². The first-order valence-electron chi connectivity index (χ1n) is 16.8. The summed E-state index contributed by atoms with van der Waals surface area (Å²) < 4.78 is 48.8. The minimum atomic E-state index is -3.65. The number of aryl methyl sites for hydroxylation is 1. The summed E-state index contributed by atoms with van der Waals surface area (Å²) in [6.07, 6.45) is 7.55. The highest BCUT2D eigenvalue weighted by Crippen LogP contribution is 2.40. The maximum Gasteiger partial charge on any atom is 0.237 e. The van der Waals surface area contributed by atoms with Crippen molar-refractivity contribution in [1.29, 1.82) is 0 Å². The number of sulfonamides is 1. The van der Waals surface area contributed by atoms with Gasteiger partial charge >= 0.3 is 0 Å². The molecule has 260 valence electrons. The van der Waals surface area contributed by atoms with Crippen LogP contribution in [0.4, 0.5) is 38.9 Å². The largest absolute Gasteiger partial charge is 0.494 e. The lowest BCUT2D eigenvalue weighted by atomic mass is 10.0. The number of hydrogen-bond acceptors (Lipinski definition) is 12. The Labute approximate surface area is 286 Å². The van der Waals surface area contributed by atoms with Gasteiger partial charge in [0.2, 0.25) is 16.0 Å². The van der Waals surface area contributed by atoms with E-state index in [0.717, 1.165) is 69.6 Å². The maximum atomic E-state index is 15.2. The van der Waals surface area contributed by atoms with Crippen LogP contribution in [0.3, 0.4) is 0 Å². The van der Waals surface area contributed by atoms with Gasteiger partial charge in [0.25, 0.3) is 0 Å². The lowest BCUT2D eigenvalue weighted by molar-refractivity contribution is 0.0982. The summed E-state index contributed by atoms with van der Waals surface area (Å²) in [6.45, 7) is 8.54. The van der Waals surface area contributed by atoms with Gasteiger partial charge < -0.3 is 25.2 Å². The number of piperazine rings is 1. The zero-order valence-electron chi connectivity index (χ0n) is 28.4. The molecule has 13 nitrogen and oxygen atoms in total. The number of nitrogens with one attached hydrogen (secondary N) is 2. The lowest BCUT2D eigenvalue weighted by Gasteiger charge is -2.43. The molecule has 2 aromatic carbocycles. The molecule has 0 amide bonds. The number of halogens is 1. The molecule has 1 aliphatic carbocycles. The third kappa shape index (κ3) is 6.79. The van der Waals surface area contributed by atoms with Gasteiger partial charge in [-0.2, -0.15) is 4.98 Å². The molecule has 3 aliphatic rings. The third-order valence-corrected chi connectivity index (χ3v) is 12.1. The topological polar surface area (TPSA) is 132 Å². The Morgan fingerprint density at radius 3 is 2.39 bits per heavy atom. The van der Waals surface area contributed by atoms with Gasteiger partial charge in [-0.25, -0.2) is 17.8 Å². The van der Waals surface area contributed by atoms with E-state index in [1.165, 1.54) is 23.7 Å². The van der Waals surface area contributed by atoms with E-state index >= 15 is 4.39 Å². The summed E-state index contributed by atoms with van der Waals surface area (Å²) in [5, 5.41) is 5.76. The van der Waals surface area contributed by atoms with Crippen molar-refractivity contribution in [2.24, 2.45) is 0 Å². The lowest BCUT2D eigenvalue weighted by Crippen LogP contribution is -2.52. The van der Waals surface area contributed by atoms with Crippen LogP contribution in [-0.4, -0.2) is 110 Å². The standard InChI is InChI=1S/C34H43FN10O3S/c1-22-19-28(30(48-4)20-29(22)45-13-9-23(10-14-45)44-17-15-42(2)16-18-44)40-34-38-21-25(35)33(41-34)39-27-8-7-26-31(37-12-11-36-26)32(27)43(3)49(46,47)24-5-6-24/h7-8,11-12,19-21,23-24H,5-6,9-10,13-18H2,1-4H3,(H2,38,39,40,41). The Balaban J connectivity index is 1.11. The van der Waals surface area contributed by atoms with E-state index in [9.17, 15) is 8.42 Å². The van der Waals surface area contributed by atoms with Crippen LogP contribution in [-0.2, 0) is 10.0 Å². The van der Waals surface area contributed by atoms with Gasteiger partial charge in [-0.05, 0) is 63.4 Å². The SMILES string of the molecule is COc1cc(N2CCC(N3CCN(C)CC3)CC2)c(C)cc1Nc1ncc(F)c(Nc2ccc3nccnc3c2N(C)S(=O)(=O)C2CC2)n1. The minimum Gasteiger partial charge on any atom is -0.494 e. The quantitative estimate of drug-likeness (QED) is 0.243. The molecule has 2 aliphatic heterocycles. The van der Waals surface area contributed by atoms with E-state index in [2.05, 4.69) is 59.2 Å². The number of ether oxygens (including phenoxy) is 1. The molecule has 0 bridgehead atoms. The molecular weight excluding hydrogens is 648 g/mol. The zero-order valence-corrected chi connectivity index (χ0v) is 29.2. The first-order chi connectivity index (χ1) is 23.6. The van der Waals surface area contributed by atoms with Crippen LogP contribution in [0, 0.1) is 12.7 Å². The number of likely N-dealkylation sites (N-methyl/N-ethyl adjacent to an activating group) is 1. The van der Waals surface area contributed by atoms with E-state index in [1.807, 2.05) is 12.1 Å². The third-order valence-electron chi connectivity index (χ3n) is 9.88. The molecule has 1 saturated carbocycles. The second kappa shape index (κ2) is 13.5. The van der Waals surface area contributed by atoms with Crippen molar-refractivity contribution in [2.45, 2.75) is 43.9 Å². The van der Waals surface area contributed by atoms with Crippen molar-refractivity contribution in [3.8, 4) is 5.75 Å². The Hall–Kier alpha value is -4.34. The van der Waals surface area contributed by atoms with E-state index < -0.39 is 21.1 Å². The first-order valence-corrected chi connectivity index (χ1v) is 18.3. The van der Waals surface area contributed by atoms with Crippen LogP contribution < -0.4 is 24.6 Å². The summed E-state index contributed by atoms with van der Waals surface area (Å²) in [5.41, 5.74) is 4.31. The summed E-state index contributed by atoms with van der Waals surface area (Å²) in [7, 11) is 1.64. The molecule has 2 saturated heterocycles. The smallest absolute Gasteiger partial charge is 0.237 e. The molecule has 3 fully saturated rings. The summed E-state index contributed by atoms with van der Waals surface area (Å²) in [6, 6.07) is 8.01. The van der Waals surface area contributed by atoms with Crippen molar-refractivity contribution in [3.05, 3.63) is 54.2 Å². The number of piperidine rings is 1. The van der Waals surface area contributed by atoms with Crippen LogP contribution in [0.1, 0.15) is 31.2 Å². The number of rotatable bonds is 10. The Bertz CT molecular complexity index is 1940. The normalized spacial score (nSPS) is 18.1. The fraction of sp³-hybridized carbons (Fsp3) is 0.471. The Morgan fingerprint density at radius 1 is 0.939 bits per heavy atom. The number of anilines is 6. The molecule has 4 aromatic rings. The molecule has 2 N–H and O–H groups in total.